The standard InChI is InChI=1S/C17H25F2N3O3S.ClH/c1-3-22(4-2)26(24,25)11-17(23)21-16-10-20-8-7-13(16)12-5-6-14(18)15(19)9-12;/h5-6,9,13,16,20H,3-4,7-8,10-11H2,1-2H3,(H,21,23);1H. The molecule has 1 aromatic rings. The first-order valence-corrected chi connectivity index (χ1v) is 10.3. The third-order valence-corrected chi connectivity index (χ3v) is 6.54. The van der Waals surface area contributed by atoms with Crippen molar-refractivity contribution in [1.29, 1.82) is 0 Å². The summed E-state index contributed by atoms with van der Waals surface area (Å²) in [5.74, 6) is -3.30. The van der Waals surface area contributed by atoms with Crippen molar-refractivity contribution in [3.63, 3.8) is 0 Å². The first-order valence-electron chi connectivity index (χ1n) is 8.71. The first-order chi connectivity index (χ1) is 12.3. The van der Waals surface area contributed by atoms with Gasteiger partial charge in [0.15, 0.2) is 11.6 Å². The molecule has 154 valence electrons. The Kier molecular flexibility index (Phi) is 9.07. The number of benzene rings is 1. The summed E-state index contributed by atoms with van der Waals surface area (Å²) in [6.45, 7) is 5.13. The number of nitrogens with zero attached hydrogens (tertiary/aromatic N) is 1. The van der Waals surface area contributed by atoms with Crippen LogP contribution in [0.2, 0.25) is 0 Å². The Labute approximate surface area is 165 Å². The van der Waals surface area contributed by atoms with E-state index in [1.807, 2.05) is 0 Å². The van der Waals surface area contributed by atoms with Gasteiger partial charge in [0.2, 0.25) is 15.9 Å². The second-order valence-electron chi connectivity index (χ2n) is 6.29. The Balaban J connectivity index is 0.00000364. The second-order valence-corrected chi connectivity index (χ2v) is 8.26. The van der Waals surface area contributed by atoms with E-state index in [4.69, 9.17) is 0 Å². The van der Waals surface area contributed by atoms with Gasteiger partial charge < -0.3 is 10.6 Å². The molecule has 27 heavy (non-hydrogen) atoms. The fraction of sp³-hybridized carbons (Fsp3) is 0.588. The number of hydrogen-bond donors (Lipinski definition) is 2. The molecule has 2 N–H and O–H groups in total. The number of piperidine rings is 1. The maximum atomic E-state index is 13.6. The second kappa shape index (κ2) is 10.3. The Morgan fingerprint density at radius 3 is 2.52 bits per heavy atom. The monoisotopic (exact) mass is 425 g/mol. The average molecular weight is 426 g/mol. The summed E-state index contributed by atoms with van der Waals surface area (Å²) in [6, 6.07) is 3.31. The summed E-state index contributed by atoms with van der Waals surface area (Å²) >= 11 is 0. The van der Waals surface area contributed by atoms with Crippen LogP contribution in [0.25, 0.3) is 0 Å². The fourth-order valence-electron chi connectivity index (χ4n) is 3.27. The van der Waals surface area contributed by atoms with Crippen LogP contribution in [0.15, 0.2) is 18.2 Å². The fourth-order valence-corrected chi connectivity index (χ4v) is 4.66. The van der Waals surface area contributed by atoms with E-state index in [2.05, 4.69) is 10.6 Å². The minimum atomic E-state index is -3.68. The highest BCUT2D eigenvalue weighted by Crippen LogP contribution is 2.27. The zero-order valence-corrected chi connectivity index (χ0v) is 17.0. The van der Waals surface area contributed by atoms with Gasteiger partial charge in [-0.05, 0) is 30.7 Å². The lowest BCUT2D eigenvalue weighted by molar-refractivity contribution is -0.119. The van der Waals surface area contributed by atoms with Crippen molar-refractivity contribution in [3.05, 3.63) is 35.4 Å². The molecule has 1 heterocycles. The normalized spacial score (nSPS) is 20.2. The highest BCUT2D eigenvalue weighted by atomic mass is 35.5. The van der Waals surface area contributed by atoms with Gasteiger partial charge in [-0.25, -0.2) is 21.5 Å². The number of hydrogen-bond acceptors (Lipinski definition) is 4. The highest BCUT2D eigenvalue weighted by Gasteiger charge is 2.30. The SMILES string of the molecule is CCN(CC)S(=O)(=O)CC(=O)NC1CNCCC1c1ccc(F)c(F)c1.Cl. The van der Waals surface area contributed by atoms with E-state index in [1.165, 1.54) is 10.4 Å². The lowest BCUT2D eigenvalue weighted by Gasteiger charge is -2.33. The third kappa shape index (κ3) is 6.10. The topological polar surface area (TPSA) is 78.5 Å². The van der Waals surface area contributed by atoms with Crippen LogP contribution in [-0.2, 0) is 14.8 Å². The molecule has 0 aliphatic carbocycles. The molecule has 1 aromatic carbocycles. The third-order valence-electron chi connectivity index (χ3n) is 4.61. The van der Waals surface area contributed by atoms with Crippen molar-refractivity contribution >= 4 is 28.3 Å². The van der Waals surface area contributed by atoms with Gasteiger partial charge in [0.05, 0.1) is 0 Å². The number of halogens is 3. The van der Waals surface area contributed by atoms with E-state index in [0.29, 0.717) is 38.2 Å². The summed E-state index contributed by atoms with van der Waals surface area (Å²) in [4.78, 5) is 12.3. The molecule has 2 rings (SSSR count). The Bertz CT molecular complexity index is 745. The summed E-state index contributed by atoms with van der Waals surface area (Å²) in [7, 11) is -3.68. The van der Waals surface area contributed by atoms with Crippen LogP contribution in [0.5, 0.6) is 0 Å². The van der Waals surface area contributed by atoms with E-state index in [0.717, 1.165) is 12.1 Å². The lowest BCUT2D eigenvalue weighted by atomic mass is 9.86. The Morgan fingerprint density at radius 2 is 1.93 bits per heavy atom. The van der Waals surface area contributed by atoms with Crippen LogP contribution in [-0.4, -0.2) is 56.6 Å². The number of rotatable bonds is 7. The van der Waals surface area contributed by atoms with Crippen molar-refractivity contribution in [2.75, 3.05) is 31.9 Å². The van der Waals surface area contributed by atoms with E-state index >= 15 is 0 Å². The van der Waals surface area contributed by atoms with Crippen molar-refractivity contribution in [2.45, 2.75) is 32.2 Å². The Morgan fingerprint density at radius 1 is 1.26 bits per heavy atom. The molecule has 0 radical (unpaired) electrons. The van der Waals surface area contributed by atoms with Gasteiger partial charge in [0.1, 0.15) is 5.75 Å². The molecule has 1 amide bonds. The van der Waals surface area contributed by atoms with E-state index in [-0.39, 0.29) is 18.3 Å². The summed E-state index contributed by atoms with van der Waals surface area (Å²) in [5.41, 5.74) is 0.585. The van der Waals surface area contributed by atoms with Crippen molar-refractivity contribution < 1.29 is 22.0 Å². The van der Waals surface area contributed by atoms with Crippen LogP contribution in [0.4, 0.5) is 8.78 Å². The molecule has 0 saturated carbocycles. The molecule has 0 spiro atoms. The van der Waals surface area contributed by atoms with Crippen molar-refractivity contribution in [1.82, 2.24) is 14.9 Å². The molecule has 6 nitrogen and oxygen atoms in total. The zero-order valence-electron chi connectivity index (χ0n) is 15.4. The molecular formula is C17H26ClF2N3O3S. The minimum Gasteiger partial charge on any atom is -0.351 e. The lowest BCUT2D eigenvalue weighted by Crippen LogP contribution is -2.52. The number of nitrogens with one attached hydrogen (secondary N) is 2. The molecule has 10 heteroatoms. The number of carbonyl (C=O) groups is 1. The van der Waals surface area contributed by atoms with Crippen LogP contribution in [0.1, 0.15) is 31.7 Å². The van der Waals surface area contributed by atoms with Crippen LogP contribution in [0, 0.1) is 11.6 Å². The van der Waals surface area contributed by atoms with Crippen LogP contribution in [0.3, 0.4) is 0 Å². The van der Waals surface area contributed by atoms with E-state index < -0.39 is 39.4 Å². The molecule has 1 saturated heterocycles. The minimum absolute atomic E-state index is 0. The number of carbonyl (C=O) groups excluding carboxylic acids is 1. The summed E-state index contributed by atoms with van der Waals surface area (Å²) in [6.07, 6.45) is 0.624. The molecule has 1 fully saturated rings. The average Bonchev–Trinajstić information content (AvgIpc) is 2.58. The predicted molar refractivity (Wildman–Crippen MR) is 102 cm³/mol. The zero-order chi connectivity index (χ0) is 19.3. The quantitative estimate of drug-likeness (QED) is 0.695. The Hall–Kier alpha value is -1.29. The van der Waals surface area contributed by atoms with Gasteiger partial charge in [0, 0.05) is 31.6 Å². The van der Waals surface area contributed by atoms with Gasteiger partial charge in [0.25, 0.3) is 0 Å². The maximum absolute atomic E-state index is 13.6. The molecule has 0 aromatic heterocycles. The van der Waals surface area contributed by atoms with Gasteiger partial charge in [-0.2, -0.15) is 0 Å². The summed E-state index contributed by atoms with van der Waals surface area (Å²) < 4.78 is 52.4. The largest absolute Gasteiger partial charge is 0.351 e. The molecule has 1 aliphatic heterocycles. The van der Waals surface area contributed by atoms with Gasteiger partial charge in [-0.1, -0.05) is 19.9 Å². The maximum Gasteiger partial charge on any atom is 0.236 e. The molecule has 1 aliphatic rings. The van der Waals surface area contributed by atoms with Gasteiger partial charge in [-0.15, -0.1) is 12.4 Å². The predicted octanol–water partition coefficient (Wildman–Crippen LogP) is 1.62. The van der Waals surface area contributed by atoms with Crippen molar-refractivity contribution in [3.8, 4) is 0 Å². The van der Waals surface area contributed by atoms with Crippen molar-refractivity contribution in [2.24, 2.45) is 0 Å². The van der Waals surface area contributed by atoms with Gasteiger partial charge in [-0.3, -0.25) is 4.79 Å². The number of sulfonamides is 1. The molecule has 0 bridgehead atoms. The van der Waals surface area contributed by atoms with E-state index in [1.54, 1.807) is 13.8 Å². The molecule has 2 unspecified atom stereocenters. The molecular weight excluding hydrogens is 400 g/mol. The van der Waals surface area contributed by atoms with Gasteiger partial charge >= 0.3 is 0 Å². The smallest absolute Gasteiger partial charge is 0.236 e. The van der Waals surface area contributed by atoms with E-state index in [9.17, 15) is 22.0 Å². The van der Waals surface area contributed by atoms with Crippen LogP contribution >= 0.6 is 12.4 Å². The first kappa shape index (κ1) is 23.7. The number of amides is 1. The molecule has 2 atom stereocenters. The van der Waals surface area contributed by atoms with Crippen LogP contribution < -0.4 is 10.6 Å². The summed E-state index contributed by atoms with van der Waals surface area (Å²) in [5, 5.41) is 5.87. The highest BCUT2D eigenvalue weighted by molar-refractivity contribution is 7.89.